The van der Waals surface area contributed by atoms with E-state index in [2.05, 4.69) is 21.4 Å². The van der Waals surface area contributed by atoms with Gasteiger partial charge in [0.05, 0.1) is 11.3 Å². The van der Waals surface area contributed by atoms with Crippen molar-refractivity contribution in [2.24, 2.45) is 0 Å². The van der Waals surface area contributed by atoms with Crippen LogP contribution in [0.3, 0.4) is 0 Å². The molecule has 6 nitrogen and oxygen atoms in total. The van der Waals surface area contributed by atoms with Crippen LogP contribution in [0.4, 0.5) is 11.4 Å². The van der Waals surface area contributed by atoms with Gasteiger partial charge in [-0.3, -0.25) is 9.59 Å². The van der Waals surface area contributed by atoms with Gasteiger partial charge >= 0.3 is 0 Å². The lowest BCUT2D eigenvalue weighted by Gasteiger charge is -2.17. The van der Waals surface area contributed by atoms with Gasteiger partial charge in [0.25, 0.3) is 5.91 Å². The molecule has 0 atom stereocenters. The molecule has 2 N–H and O–H groups in total. The second-order valence-electron chi connectivity index (χ2n) is 7.68. The van der Waals surface area contributed by atoms with E-state index in [1.807, 2.05) is 65.6 Å². The molecule has 1 aliphatic rings. The molecule has 4 aromatic rings. The Bertz CT molecular complexity index is 1290. The fraction of sp³-hybridized carbons (Fsp3) is 0.115. The van der Waals surface area contributed by atoms with E-state index in [4.69, 9.17) is 0 Å². The van der Waals surface area contributed by atoms with Crippen LogP contribution in [-0.2, 0) is 11.2 Å². The first kappa shape index (κ1) is 21.0. The molecule has 0 saturated heterocycles. The van der Waals surface area contributed by atoms with Gasteiger partial charge in [-0.1, -0.05) is 30.3 Å². The molecule has 2 amide bonds. The number of fused-ring (bicyclic) bond motifs is 1. The topological polar surface area (TPSA) is 78.1 Å². The van der Waals surface area contributed by atoms with E-state index in [9.17, 15) is 9.59 Å². The first-order valence-corrected chi connectivity index (χ1v) is 11.7. The number of nitrogens with one attached hydrogen (secondary N) is 2. The third-order valence-electron chi connectivity index (χ3n) is 5.59. The summed E-state index contributed by atoms with van der Waals surface area (Å²) < 4.78 is 0. The van der Waals surface area contributed by atoms with Gasteiger partial charge in [0.15, 0.2) is 0 Å². The van der Waals surface area contributed by atoms with Crippen LogP contribution in [0.25, 0.3) is 11.4 Å². The zero-order chi connectivity index (χ0) is 22.6. The smallest absolute Gasteiger partial charge is 0.256 e. The Balaban J connectivity index is 1.25. The maximum atomic E-state index is 13.0. The summed E-state index contributed by atoms with van der Waals surface area (Å²) in [5.74, 6) is 0.896. The lowest BCUT2D eigenvalue weighted by Crippen LogP contribution is -2.30. The second-order valence-corrected chi connectivity index (χ2v) is 8.70. The summed E-state index contributed by atoms with van der Waals surface area (Å²) in [5, 5.41) is 2.95. The number of carbonyl (C=O) groups is 2. The summed E-state index contributed by atoms with van der Waals surface area (Å²) in [6, 6.07) is 22.9. The van der Waals surface area contributed by atoms with Crippen molar-refractivity contribution in [2.75, 3.05) is 22.5 Å². The number of anilines is 2. The average molecular weight is 455 g/mol. The maximum absolute atomic E-state index is 13.0. The quantitative estimate of drug-likeness (QED) is 0.402. The number of thioether (sulfide) groups is 1. The highest BCUT2D eigenvalue weighted by molar-refractivity contribution is 8.00. The van der Waals surface area contributed by atoms with Crippen molar-refractivity contribution < 1.29 is 9.59 Å². The molecule has 0 spiro atoms. The van der Waals surface area contributed by atoms with Gasteiger partial charge in [-0.2, -0.15) is 0 Å². The molecule has 0 bridgehead atoms. The predicted molar refractivity (Wildman–Crippen MR) is 132 cm³/mol. The van der Waals surface area contributed by atoms with Crippen LogP contribution in [0, 0.1) is 0 Å². The third kappa shape index (κ3) is 4.54. The van der Waals surface area contributed by atoms with Gasteiger partial charge in [0, 0.05) is 40.8 Å². The fourth-order valence-electron chi connectivity index (χ4n) is 3.93. The molecule has 0 radical (unpaired) electrons. The molecule has 0 saturated carbocycles. The van der Waals surface area contributed by atoms with Gasteiger partial charge in [-0.05, 0) is 54.4 Å². The van der Waals surface area contributed by atoms with Gasteiger partial charge < -0.3 is 15.2 Å². The largest absolute Gasteiger partial charge is 0.345 e. The minimum absolute atomic E-state index is 0.0497. The molecule has 1 aliphatic heterocycles. The van der Waals surface area contributed by atoms with E-state index in [0.29, 0.717) is 17.8 Å². The summed E-state index contributed by atoms with van der Waals surface area (Å²) in [7, 11) is 0. The summed E-state index contributed by atoms with van der Waals surface area (Å²) in [6.45, 7) is 0.703. The number of para-hydroxylation sites is 1. The summed E-state index contributed by atoms with van der Waals surface area (Å²) in [5.41, 5.74) is 4.38. The molecule has 164 valence electrons. The highest BCUT2D eigenvalue weighted by Gasteiger charge is 2.24. The average Bonchev–Trinajstić information content (AvgIpc) is 3.54. The zero-order valence-corrected chi connectivity index (χ0v) is 18.6. The molecule has 0 aliphatic carbocycles. The lowest BCUT2D eigenvalue weighted by molar-refractivity contribution is -0.116. The molecule has 3 aromatic carbocycles. The molecule has 0 unspecified atom stereocenters. The molecule has 0 fully saturated rings. The standard InChI is InChI=1S/C26H22N4O2S/c31-24(30-16-13-18-5-1-3-7-22(18)30)17-33-23-8-4-2-6-21(23)26(32)29-20-11-9-19(10-12-20)25-27-14-15-28-25/h1-12,14-15H,13,16-17H2,(H,27,28)(H,29,32). The fourth-order valence-corrected chi connectivity index (χ4v) is 4.85. The number of amides is 2. The Kier molecular flexibility index (Phi) is 5.95. The Labute approximate surface area is 196 Å². The monoisotopic (exact) mass is 454 g/mol. The number of imidazole rings is 1. The highest BCUT2D eigenvalue weighted by Crippen LogP contribution is 2.30. The van der Waals surface area contributed by atoms with Crippen LogP contribution in [0.2, 0.25) is 0 Å². The van der Waals surface area contributed by atoms with Gasteiger partial charge in [-0.15, -0.1) is 11.8 Å². The first-order chi connectivity index (χ1) is 16.2. The molecular formula is C26H22N4O2S. The van der Waals surface area contributed by atoms with Crippen LogP contribution in [0.5, 0.6) is 0 Å². The van der Waals surface area contributed by atoms with Crippen molar-refractivity contribution in [3.05, 3.63) is 96.3 Å². The number of carbonyl (C=O) groups excluding carboxylic acids is 2. The Hall–Kier alpha value is -3.84. The minimum atomic E-state index is -0.206. The molecule has 33 heavy (non-hydrogen) atoms. The van der Waals surface area contributed by atoms with E-state index in [0.717, 1.165) is 28.4 Å². The highest BCUT2D eigenvalue weighted by atomic mass is 32.2. The van der Waals surface area contributed by atoms with E-state index in [-0.39, 0.29) is 17.6 Å². The zero-order valence-electron chi connectivity index (χ0n) is 17.8. The van der Waals surface area contributed by atoms with E-state index < -0.39 is 0 Å². The van der Waals surface area contributed by atoms with Gasteiger partial charge in [-0.25, -0.2) is 4.98 Å². The van der Waals surface area contributed by atoms with E-state index in [1.165, 1.54) is 17.3 Å². The Morgan fingerprint density at radius 2 is 1.79 bits per heavy atom. The Morgan fingerprint density at radius 1 is 1.00 bits per heavy atom. The molecule has 2 heterocycles. The van der Waals surface area contributed by atoms with Crippen LogP contribution >= 0.6 is 11.8 Å². The normalized spacial score (nSPS) is 12.4. The number of aromatic nitrogens is 2. The maximum Gasteiger partial charge on any atom is 0.256 e. The van der Waals surface area contributed by atoms with Gasteiger partial charge in [0.1, 0.15) is 5.82 Å². The van der Waals surface area contributed by atoms with Crippen molar-refractivity contribution in [3.8, 4) is 11.4 Å². The number of H-pyrrole nitrogens is 1. The Morgan fingerprint density at radius 3 is 2.61 bits per heavy atom. The van der Waals surface area contributed by atoms with E-state index in [1.54, 1.807) is 18.5 Å². The van der Waals surface area contributed by atoms with E-state index >= 15 is 0 Å². The van der Waals surface area contributed by atoms with Crippen molar-refractivity contribution >= 4 is 35.0 Å². The van der Waals surface area contributed by atoms with Crippen molar-refractivity contribution in [3.63, 3.8) is 0 Å². The van der Waals surface area contributed by atoms with Crippen LogP contribution in [-0.4, -0.2) is 34.1 Å². The van der Waals surface area contributed by atoms with Crippen molar-refractivity contribution in [2.45, 2.75) is 11.3 Å². The molecule has 1 aromatic heterocycles. The van der Waals surface area contributed by atoms with Crippen LogP contribution < -0.4 is 10.2 Å². The lowest BCUT2D eigenvalue weighted by atomic mass is 10.1. The van der Waals surface area contributed by atoms with Gasteiger partial charge in [0.2, 0.25) is 5.91 Å². The van der Waals surface area contributed by atoms with Crippen LogP contribution in [0.15, 0.2) is 90.1 Å². The predicted octanol–water partition coefficient (Wildman–Crippen LogP) is 5.01. The molecule has 5 rings (SSSR count). The van der Waals surface area contributed by atoms with Crippen molar-refractivity contribution in [1.82, 2.24) is 9.97 Å². The summed E-state index contributed by atoms with van der Waals surface area (Å²) >= 11 is 1.39. The van der Waals surface area contributed by atoms with Crippen molar-refractivity contribution in [1.29, 1.82) is 0 Å². The SMILES string of the molecule is O=C(Nc1ccc(-c2ncc[nH]2)cc1)c1ccccc1SCC(=O)N1CCc2ccccc21. The number of aromatic amines is 1. The third-order valence-corrected chi connectivity index (χ3v) is 6.64. The number of hydrogen-bond donors (Lipinski definition) is 2. The molecular weight excluding hydrogens is 432 g/mol. The first-order valence-electron chi connectivity index (χ1n) is 10.7. The number of rotatable bonds is 6. The molecule has 7 heteroatoms. The van der Waals surface area contributed by atoms with Crippen LogP contribution in [0.1, 0.15) is 15.9 Å². The minimum Gasteiger partial charge on any atom is -0.345 e. The summed E-state index contributed by atoms with van der Waals surface area (Å²) in [4.78, 5) is 35.8. The second kappa shape index (κ2) is 9.34. The number of benzene rings is 3. The number of nitrogens with zero attached hydrogens (tertiary/aromatic N) is 2. The summed E-state index contributed by atoms with van der Waals surface area (Å²) in [6.07, 6.45) is 4.35. The number of hydrogen-bond acceptors (Lipinski definition) is 4.